The topological polar surface area (TPSA) is 77.8 Å². The highest BCUT2D eigenvalue weighted by molar-refractivity contribution is 7.15. The summed E-state index contributed by atoms with van der Waals surface area (Å²) in [7, 11) is 0. The second kappa shape index (κ2) is 6.66. The molecule has 2 aliphatic carbocycles. The molecular formula is C16H22N4OS. The van der Waals surface area contributed by atoms with Crippen molar-refractivity contribution in [3.63, 3.8) is 0 Å². The predicted molar refractivity (Wildman–Crippen MR) is 86.4 cm³/mol. The van der Waals surface area contributed by atoms with Crippen LogP contribution < -0.4 is 10.6 Å². The molecule has 1 aromatic rings. The number of anilines is 1. The number of aromatic nitrogens is 1. The van der Waals surface area contributed by atoms with E-state index < -0.39 is 0 Å². The summed E-state index contributed by atoms with van der Waals surface area (Å²) in [5, 5.41) is 14.9. The van der Waals surface area contributed by atoms with E-state index >= 15 is 0 Å². The van der Waals surface area contributed by atoms with E-state index in [0.29, 0.717) is 11.8 Å². The molecule has 2 N–H and O–H groups in total. The molecule has 0 saturated heterocycles. The van der Waals surface area contributed by atoms with Crippen LogP contribution in [0, 0.1) is 23.3 Å². The number of hydrogen-bond acceptors (Lipinski definition) is 5. The van der Waals surface area contributed by atoms with Crippen molar-refractivity contribution in [3.8, 4) is 6.19 Å². The zero-order chi connectivity index (χ0) is 15.5. The van der Waals surface area contributed by atoms with Gasteiger partial charge in [-0.2, -0.15) is 5.26 Å². The van der Waals surface area contributed by atoms with Crippen LogP contribution in [0.1, 0.15) is 56.2 Å². The van der Waals surface area contributed by atoms with Crippen LogP contribution in [0.25, 0.3) is 0 Å². The molecule has 2 fully saturated rings. The summed E-state index contributed by atoms with van der Waals surface area (Å²) in [5.41, 5.74) is 0. The Morgan fingerprint density at radius 2 is 2.18 bits per heavy atom. The minimum absolute atomic E-state index is 0.00630. The van der Waals surface area contributed by atoms with E-state index in [1.54, 1.807) is 11.3 Å². The molecular weight excluding hydrogens is 296 g/mol. The van der Waals surface area contributed by atoms with Crippen LogP contribution >= 0.6 is 11.3 Å². The van der Waals surface area contributed by atoms with Gasteiger partial charge in [0, 0.05) is 23.0 Å². The lowest BCUT2D eigenvalue weighted by Crippen LogP contribution is -2.44. The van der Waals surface area contributed by atoms with Crippen LogP contribution in [0.15, 0.2) is 6.20 Å². The molecule has 1 aromatic heterocycles. The van der Waals surface area contributed by atoms with Crippen LogP contribution in [-0.2, 0) is 4.79 Å². The first kappa shape index (κ1) is 15.3. The van der Waals surface area contributed by atoms with Gasteiger partial charge in [-0.05, 0) is 31.1 Å². The molecule has 0 aromatic carbocycles. The lowest BCUT2D eigenvalue weighted by atomic mass is 9.80. The van der Waals surface area contributed by atoms with Gasteiger partial charge in [0.05, 0.1) is 0 Å². The summed E-state index contributed by atoms with van der Waals surface area (Å²) >= 11 is 1.62. The second-order valence-electron chi connectivity index (χ2n) is 6.55. The minimum Gasteiger partial charge on any atom is -0.321 e. The number of thiazole rings is 1. The Hall–Kier alpha value is -1.61. The Kier molecular flexibility index (Phi) is 4.63. The fourth-order valence-electron chi connectivity index (χ4n) is 3.50. The zero-order valence-corrected chi connectivity index (χ0v) is 13.7. The Morgan fingerprint density at radius 1 is 1.41 bits per heavy atom. The number of hydrogen-bond donors (Lipinski definition) is 2. The zero-order valence-electron chi connectivity index (χ0n) is 12.8. The van der Waals surface area contributed by atoms with Crippen LogP contribution in [0.4, 0.5) is 5.13 Å². The molecule has 0 spiro atoms. The average Bonchev–Trinajstić information content (AvgIpc) is 2.91. The van der Waals surface area contributed by atoms with E-state index in [2.05, 4.69) is 22.5 Å². The van der Waals surface area contributed by atoms with Gasteiger partial charge in [-0.15, -0.1) is 11.3 Å². The smallest absolute Gasteiger partial charge is 0.229 e. The fraction of sp³-hybridized carbons (Fsp3) is 0.688. The van der Waals surface area contributed by atoms with Gasteiger partial charge in [-0.1, -0.05) is 26.2 Å². The number of nitrogens with one attached hydrogen (secondary N) is 2. The number of carbonyl (C=O) groups is 1. The molecule has 6 heteroatoms. The van der Waals surface area contributed by atoms with Crippen LogP contribution in [-0.4, -0.2) is 16.9 Å². The normalized spacial score (nSPS) is 30.9. The number of carbonyl (C=O) groups excluding carboxylic acids is 1. The molecule has 0 unspecified atom stereocenters. The van der Waals surface area contributed by atoms with Crippen molar-refractivity contribution in [1.29, 1.82) is 5.26 Å². The van der Waals surface area contributed by atoms with Crippen molar-refractivity contribution in [3.05, 3.63) is 11.1 Å². The van der Waals surface area contributed by atoms with Crippen LogP contribution in [0.3, 0.4) is 0 Å². The Labute approximate surface area is 135 Å². The molecule has 5 nitrogen and oxygen atoms in total. The van der Waals surface area contributed by atoms with E-state index in [0.717, 1.165) is 18.0 Å². The van der Waals surface area contributed by atoms with Gasteiger partial charge in [-0.3, -0.25) is 4.79 Å². The number of nitrogens with zero attached hydrogens (tertiary/aromatic N) is 2. The highest BCUT2D eigenvalue weighted by Gasteiger charge is 2.35. The molecule has 2 atom stereocenters. The van der Waals surface area contributed by atoms with Gasteiger partial charge < -0.3 is 10.6 Å². The quantitative estimate of drug-likeness (QED) is 0.660. The summed E-state index contributed by atoms with van der Waals surface area (Å²) in [6.45, 7) is 2.32. The monoisotopic (exact) mass is 318 g/mol. The fourth-order valence-corrected chi connectivity index (χ4v) is 4.59. The highest BCUT2D eigenvalue weighted by atomic mass is 32.1. The van der Waals surface area contributed by atoms with Gasteiger partial charge in [0.1, 0.15) is 0 Å². The summed E-state index contributed by atoms with van der Waals surface area (Å²) < 4.78 is 0. The molecule has 22 heavy (non-hydrogen) atoms. The molecule has 118 valence electrons. The first-order valence-corrected chi connectivity index (χ1v) is 8.90. The predicted octanol–water partition coefficient (Wildman–Crippen LogP) is 3.22. The summed E-state index contributed by atoms with van der Waals surface area (Å²) in [6, 6.07) is 0.163. The Balaban J connectivity index is 1.54. The van der Waals surface area contributed by atoms with E-state index in [1.165, 1.54) is 30.6 Å². The molecule has 2 saturated carbocycles. The first-order valence-electron chi connectivity index (χ1n) is 8.08. The van der Waals surface area contributed by atoms with Gasteiger partial charge in [0.25, 0.3) is 0 Å². The molecule has 0 aliphatic heterocycles. The molecule has 0 radical (unpaired) electrons. The molecule has 0 bridgehead atoms. The maximum Gasteiger partial charge on any atom is 0.229 e. The van der Waals surface area contributed by atoms with E-state index in [1.807, 2.05) is 12.4 Å². The van der Waals surface area contributed by atoms with Crippen LogP contribution in [0.5, 0.6) is 0 Å². The lowest BCUT2D eigenvalue weighted by Gasteiger charge is -2.32. The molecule has 3 rings (SSSR count). The first-order chi connectivity index (χ1) is 10.7. The Bertz CT molecular complexity index is 573. The van der Waals surface area contributed by atoms with Gasteiger partial charge >= 0.3 is 0 Å². The minimum atomic E-state index is 0.00630. The van der Waals surface area contributed by atoms with Crippen molar-refractivity contribution in [2.45, 2.75) is 57.4 Å². The lowest BCUT2D eigenvalue weighted by molar-refractivity contribution is -0.122. The molecule has 1 amide bonds. The average molecular weight is 318 g/mol. The highest BCUT2D eigenvalue weighted by Crippen LogP contribution is 2.40. The van der Waals surface area contributed by atoms with Crippen molar-refractivity contribution >= 4 is 22.4 Å². The van der Waals surface area contributed by atoms with Crippen molar-refractivity contribution < 1.29 is 4.79 Å². The van der Waals surface area contributed by atoms with E-state index in [-0.39, 0.29) is 17.9 Å². The third-order valence-electron chi connectivity index (χ3n) is 5.01. The second-order valence-corrected chi connectivity index (χ2v) is 7.61. The maximum absolute atomic E-state index is 12.1. The number of rotatable bonds is 4. The van der Waals surface area contributed by atoms with Gasteiger partial charge in [0.2, 0.25) is 5.91 Å². The van der Waals surface area contributed by atoms with E-state index in [4.69, 9.17) is 5.26 Å². The maximum atomic E-state index is 12.1. The third kappa shape index (κ3) is 3.25. The molecule has 1 heterocycles. The van der Waals surface area contributed by atoms with Crippen molar-refractivity contribution in [2.75, 3.05) is 5.32 Å². The summed E-state index contributed by atoms with van der Waals surface area (Å²) in [6.07, 6.45) is 10.5. The molecule has 2 aliphatic rings. The number of nitriles is 1. The van der Waals surface area contributed by atoms with E-state index in [9.17, 15) is 4.79 Å². The van der Waals surface area contributed by atoms with Gasteiger partial charge in [-0.25, -0.2) is 4.98 Å². The summed E-state index contributed by atoms with van der Waals surface area (Å²) in [4.78, 5) is 17.8. The largest absolute Gasteiger partial charge is 0.321 e. The summed E-state index contributed by atoms with van der Waals surface area (Å²) in [5.74, 6) is 1.35. The van der Waals surface area contributed by atoms with Gasteiger partial charge in [0.15, 0.2) is 11.3 Å². The SMILES string of the molecule is C[C@@H]1CCCC[C@@H]1c1cnc(NC(=O)C2CC(NC#N)C2)s1. The van der Waals surface area contributed by atoms with Crippen LogP contribution in [0.2, 0.25) is 0 Å². The third-order valence-corrected chi connectivity index (χ3v) is 6.05. The Morgan fingerprint density at radius 3 is 2.91 bits per heavy atom. The standard InChI is InChI=1S/C16H22N4OS/c1-10-4-2-3-5-13(10)14-8-18-16(22-14)20-15(21)11-6-12(7-11)19-9-17/h8,10-13,19H,2-7H2,1H3,(H,18,20,21)/t10-,11?,12?,13+/m1/s1. The van der Waals surface area contributed by atoms with Crippen molar-refractivity contribution in [1.82, 2.24) is 10.3 Å². The van der Waals surface area contributed by atoms with Crippen molar-refractivity contribution in [2.24, 2.45) is 11.8 Å². The number of amides is 1.